The molecule has 2 unspecified atom stereocenters. The van der Waals surface area contributed by atoms with Gasteiger partial charge >= 0.3 is 0 Å². The van der Waals surface area contributed by atoms with Crippen molar-refractivity contribution in [3.63, 3.8) is 0 Å². The fraction of sp³-hybridized carbons (Fsp3) is 0.316. The number of carbonyl (C=O) groups is 1. The molecule has 0 spiro atoms. The number of nitro groups is 1. The number of nitrogens with zero attached hydrogens (tertiary/aromatic N) is 1. The van der Waals surface area contributed by atoms with Crippen LogP contribution in [0, 0.1) is 16.0 Å². The molecular formula is C19H21NO3. The van der Waals surface area contributed by atoms with Crippen LogP contribution in [0.1, 0.15) is 41.6 Å². The molecule has 0 saturated carbocycles. The molecule has 0 bridgehead atoms. The van der Waals surface area contributed by atoms with Gasteiger partial charge < -0.3 is 0 Å². The molecule has 0 saturated heterocycles. The van der Waals surface area contributed by atoms with Gasteiger partial charge in [-0.3, -0.25) is 14.9 Å². The summed E-state index contributed by atoms with van der Waals surface area (Å²) in [4.78, 5) is 23.4. The van der Waals surface area contributed by atoms with Gasteiger partial charge in [0, 0.05) is 22.8 Å². The van der Waals surface area contributed by atoms with Crippen LogP contribution in [0.15, 0.2) is 60.7 Å². The molecule has 2 aromatic carbocycles. The van der Waals surface area contributed by atoms with E-state index in [2.05, 4.69) is 0 Å². The van der Waals surface area contributed by atoms with E-state index in [-0.39, 0.29) is 35.5 Å². The second-order valence-electron chi connectivity index (χ2n) is 5.61. The lowest BCUT2D eigenvalue weighted by molar-refractivity contribution is -0.481. The molecule has 0 amide bonds. The van der Waals surface area contributed by atoms with Crippen molar-refractivity contribution in [2.45, 2.75) is 25.7 Å². The maximum atomic E-state index is 12.9. The third kappa shape index (κ3) is 4.49. The van der Waals surface area contributed by atoms with E-state index >= 15 is 0 Å². The van der Waals surface area contributed by atoms with Crippen LogP contribution >= 0.6 is 0 Å². The first-order valence-electron chi connectivity index (χ1n) is 7.89. The van der Waals surface area contributed by atoms with E-state index in [1.165, 1.54) is 0 Å². The van der Waals surface area contributed by atoms with Crippen molar-refractivity contribution in [3.8, 4) is 0 Å². The van der Waals surface area contributed by atoms with Gasteiger partial charge in [-0.1, -0.05) is 67.6 Å². The Labute approximate surface area is 136 Å². The molecule has 0 radical (unpaired) electrons. The maximum absolute atomic E-state index is 12.9. The van der Waals surface area contributed by atoms with Crippen LogP contribution in [0.4, 0.5) is 0 Å². The lowest BCUT2D eigenvalue weighted by atomic mass is 9.78. The Bertz CT molecular complexity index is 640. The van der Waals surface area contributed by atoms with Crippen LogP contribution in [0.25, 0.3) is 0 Å². The molecule has 0 aliphatic rings. The van der Waals surface area contributed by atoms with E-state index in [4.69, 9.17) is 0 Å². The molecule has 0 heterocycles. The smallest absolute Gasteiger partial charge is 0.204 e. The van der Waals surface area contributed by atoms with Gasteiger partial charge in [0.2, 0.25) is 6.54 Å². The topological polar surface area (TPSA) is 60.2 Å². The Hall–Kier alpha value is -2.49. The number of rotatable bonds is 8. The summed E-state index contributed by atoms with van der Waals surface area (Å²) >= 11 is 0. The van der Waals surface area contributed by atoms with Gasteiger partial charge in [0.05, 0.1) is 0 Å². The highest BCUT2D eigenvalue weighted by Gasteiger charge is 2.30. The number of hydrogen-bond donors (Lipinski definition) is 0. The van der Waals surface area contributed by atoms with E-state index in [1.807, 2.05) is 55.5 Å². The molecule has 120 valence electrons. The van der Waals surface area contributed by atoms with Crippen LogP contribution in [0.5, 0.6) is 0 Å². The highest BCUT2D eigenvalue weighted by atomic mass is 16.6. The van der Waals surface area contributed by atoms with Crippen LogP contribution in [0.3, 0.4) is 0 Å². The van der Waals surface area contributed by atoms with E-state index in [0.29, 0.717) is 5.56 Å². The monoisotopic (exact) mass is 311 g/mol. The predicted octanol–water partition coefficient (Wildman–Crippen LogP) is 4.35. The third-order valence-corrected chi connectivity index (χ3v) is 4.17. The fourth-order valence-corrected chi connectivity index (χ4v) is 3.03. The van der Waals surface area contributed by atoms with Crippen molar-refractivity contribution < 1.29 is 9.72 Å². The minimum absolute atomic E-state index is 0.0103. The lowest BCUT2D eigenvalue weighted by Gasteiger charge is -2.24. The summed E-state index contributed by atoms with van der Waals surface area (Å²) in [5.41, 5.74) is 1.68. The van der Waals surface area contributed by atoms with Crippen LogP contribution in [-0.4, -0.2) is 17.3 Å². The molecule has 2 rings (SSSR count). The molecule has 0 aliphatic heterocycles. The SMILES string of the molecule is CCC(c1ccccc1)C(CC[N+](=O)[O-])C(=O)c1ccccc1. The third-order valence-electron chi connectivity index (χ3n) is 4.17. The maximum Gasteiger partial charge on any atom is 0.204 e. The van der Waals surface area contributed by atoms with Gasteiger partial charge in [0.1, 0.15) is 0 Å². The van der Waals surface area contributed by atoms with Crippen molar-refractivity contribution in [2.75, 3.05) is 6.54 Å². The van der Waals surface area contributed by atoms with Gasteiger partial charge in [-0.2, -0.15) is 0 Å². The highest BCUT2D eigenvalue weighted by Crippen LogP contribution is 2.33. The van der Waals surface area contributed by atoms with E-state index in [9.17, 15) is 14.9 Å². The standard InChI is InChI=1S/C19H21NO3/c1-2-17(15-9-5-3-6-10-15)18(13-14-20(22)23)19(21)16-11-7-4-8-12-16/h3-12,17-18H,2,13-14H2,1H3. The summed E-state index contributed by atoms with van der Waals surface area (Å²) in [6.07, 6.45) is 1.03. The first kappa shape index (κ1) is 16.9. The average Bonchev–Trinajstić information content (AvgIpc) is 2.59. The van der Waals surface area contributed by atoms with Gasteiger partial charge in [-0.05, 0) is 17.9 Å². The Balaban J connectivity index is 2.32. The van der Waals surface area contributed by atoms with Gasteiger partial charge in [-0.15, -0.1) is 0 Å². The molecular weight excluding hydrogens is 290 g/mol. The summed E-state index contributed by atoms with van der Waals surface area (Å²) in [6, 6.07) is 18.8. The average molecular weight is 311 g/mol. The Morgan fingerprint density at radius 1 is 1.04 bits per heavy atom. The highest BCUT2D eigenvalue weighted by molar-refractivity contribution is 5.98. The largest absolute Gasteiger partial charge is 0.294 e. The lowest BCUT2D eigenvalue weighted by Crippen LogP contribution is -2.25. The van der Waals surface area contributed by atoms with Crippen molar-refractivity contribution in [3.05, 3.63) is 81.9 Å². The molecule has 0 aliphatic carbocycles. The van der Waals surface area contributed by atoms with Crippen molar-refractivity contribution >= 4 is 5.78 Å². The number of Topliss-reactive ketones (excluding diaryl/α,β-unsaturated/α-hetero) is 1. The van der Waals surface area contributed by atoms with Gasteiger partial charge in [0.15, 0.2) is 5.78 Å². The van der Waals surface area contributed by atoms with E-state index in [0.717, 1.165) is 12.0 Å². The minimum Gasteiger partial charge on any atom is -0.294 e. The second kappa shape index (κ2) is 8.22. The molecule has 4 heteroatoms. The molecule has 0 aromatic heterocycles. The van der Waals surface area contributed by atoms with Crippen molar-refractivity contribution in [2.24, 2.45) is 5.92 Å². The summed E-state index contributed by atoms with van der Waals surface area (Å²) in [5, 5.41) is 10.8. The van der Waals surface area contributed by atoms with Gasteiger partial charge in [0.25, 0.3) is 0 Å². The van der Waals surface area contributed by atoms with Gasteiger partial charge in [-0.25, -0.2) is 0 Å². The van der Waals surface area contributed by atoms with E-state index < -0.39 is 0 Å². The zero-order valence-electron chi connectivity index (χ0n) is 13.2. The minimum atomic E-state index is -0.379. The zero-order chi connectivity index (χ0) is 16.7. The number of carbonyl (C=O) groups excluding carboxylic acids is 1. The normalized spacial score (nSPS) is 13.3. The predicted molar refractivity (Wildman–Crippen MR) is 90.2 cm³/mol. The summed E-state index contributed by atoms with van der Waals surface area (Å²) in [6.45, 7) is 1.83. The molecule has 2 atom stereocenters. The zero-order valence-corrected chi connectivity index (χ0v) is 13.2. The van der Waals surface area contributed by atoms with Crippen molar-refractivity contribution in [1.82, 2.24) is 0 Å². The number of benzene rings is 2. The molecule has 4 nitrogen and oxygen atoms in total. The molecule has 2 aromatic rings. The number of hydrogen-bond acceptors (Lipinski definition) is 3. The summed E-state index contributed by atoms with van der Waals surface area (Å²) in [7, 11) is 0. The van der Waals surface area contributed by atoms with Crippen LogP contribution < -0.4 is 0 Å². The summed E-state index contributed by atoms with van der Waals surface area (Å²) < 4.78 is 0. The Kier molecular flexibility index (Phi) is 6.03. The second-order valence-corrected chi connectivity index (χ2v) is 5.61. The molecule has 0 fully saturated rings. The first-order chi connectivity index (χ1) is 11.1. The van der Waals surface area contributed by atoms with Crippen molar-refractivity contribution in [1.29, 1.82) is 0 Å². The van der Waals surface area contributed by atoms with E-state index in [1.54, 1.807) is 12.1 Å². The Morgan fingerprint density at radius 3 is 2.13 bits per heavy atom. The Morgan fingerprint density at radius 2 is 1.61 bits per heavy atom. The molecule has 0 N–H and O–H groups in total. The number of ketones is 1. The van der Waals surface area contributed by atoms with Crippen LogP contribution in [-0.2, 0) is 0 Å². The molecule has 23 heavy (non-hydrogen) atoms. The van der Waals surface area contributed by atoms with Crippen LogP contribution in [0.2, 0.25) is 0 Å². The summed E-state index contributed by atoms with van der Waals surface area (Å²) in [5.74, 6) is -0.401. The fourth-order valence-electron chi connectivity index (χ4n) is 3.03. The first-order valence-corrected chi connectivity index (χ1v) is 7.89. The quantitative estimate of drug-likeness (QED) is 0.414.